The third-order valence-electron chi connectivity index (χ3n) is 4.51. The lowest BCUT2D eigenvalue weighted by atomic mass is 9.99. The van der Waals surface area contributed by atoms with E-state index in [1.807, 2.05) is 6.92 Å². The molecule has 0 spiro atoms. The summed E-state index contributed by atoms with van der Waals surface area (Å²) in [5.41, 5.74) is 1.39. The van der Waals surface area contributed by atoms with Gasteiger partial charge in [0.2, 0.25) is 15.9 Å². The zero-order valence-electron chi connectivity index (χ0n) is 14.9. The first-order valence-electron chi connectivity index (χ1n) is 8.25. The first-order chi connectivity index (χ1) is 11.2. The van der Waals surface area contributed by atoms with Crippen molar-refractivity contribution in [2.75, 3.05) is 39.0 Å². The van der Waals surface area contributed by atoms with Crippen LogP contribution in [0.15, 0.2) is 23.1 Å². The Labute approximate surface area is 144 Å². The number of piperidine rings is 1. The van der Waals surface area contributed by atoms with Crippen molar-refractivity contribution in [1.82, 2.24) is 9.21 Å². The maximum atomic E-state index is 12.3. The summed E-state index contributed by atoms with van der Waals surface area (Å²) >= 11 is 0. The van der Waals surface area contributed by atoms with Crippen LogP contribution in [0.2, 0.25) is 0 Å². The van der Waals surface area contributed by atoms with Crippen LogP contribution in [0.1, 0.15) is 25.3 Å². The monoisotopic (exact) mass is 353 g/mol. The number of nitrogens with zero attached hydrogens (tertiary/aromatic N) is 2. The third-order valence-corrected chi connectivity index (χ3v) is 6.32. The minimum absolute atomic E-state index is 0.105. The van der Waals surface area contributed by atoms with Gasteiger partial charge in [-0.3, -0.25) is 9.69 Å². The van der Waals surface area contributed by atoms with E-state index in [0.29, 0.717) is 12.2 Å². The molecule has 0 atom stereocenters. The molecule has 1 aromatic rings. The maximum Gasteiger partial charge on any atom is 0.242 e. The van der Waals surface area contributed by atoms with E-state index in [1.165, 1.54) is 20.2 Å². The van der Waals surface area contributed by atoms with Gasteiger partial charge in [0.25, 0.3) is 0 Å². The summed E-state index contributed by atoms with van der Waals surface area (Å²) in [5.74, 6) is 0.617. The Hall–Kier alpha value is -1.44. The van der Waals surface area contributed by atoms with Crippen molar-refractivity contribution in [3.05, 3.63) is 23.8 Å². The van der Waals surface area contributed by atoms with E-state index in [-0.39, 0.29) is 10.8 Å². The smallest absolute Gasteiger partial charge is 0.242 e. The van der Waals surface area contributed by atoms with Crippen molar-refractivity contribution < 1.29 is 13.2 Å². The number of nitrogens with one attached hydrogen (secondary N) is 1. The summed E-state index contributed by atoms with van der Waals surface area (Å²) in [5, 5.41) is 2.86. The predicted octanol–water partition coefficient (Wildman–Crippen LogP) is 1.92. The molecule has 2 rings (SSSR count). The molecule has 1 saturated heterocycles. The lowest BCUT2D eigenvalue weighted by molar-refractivity contribution is -0.117. The van der Waals surface area contributed by atoms with Crippen LogP contribution in [0.25, 0.3) is 0 Å². The minimum atomic E-state index is -3.51. The van der Waals surface area contributed by atoms with Gasteiger partial charge in [-0.25, -0.2) is 12.7 Å². The van der Waals surface area contributed by atoms with E-state index in [1.54, 1.807) is 12.1 Å². The lowest BCUT2D eigenvalue weighted by Gasteiger charge is -2.29. The number of sulfonamides is 1. The first-order valence-corrected chi connectivity index (χ1v) is 9.69. The molecule has 0 radical (unpaired) electrons. The van der Waals surface area contributed by atoms with E-state index >= 15 is 0 Å². The second-order valence-electron chi connectivity index (χ2n) is 6.77. The number of carbonyl (C=O) groups is 1. The van der Waals surface area contributed by atoms with E-state index in [4.69, 9.17) is 0 Å². The summed E-state index contributed by atoms with van der Waals surface area (Å²) in [6, 6.07) is 4.81. The Balaban J connectivity index is 2.07. The highest BCUT2D eigenvalue weighted by molar-refractivity contribution is 7.89. The quantitative estimate of drug-likeness (QED) is 0.878. The van der Waals surface area contributed by atoms with Crippen molar-refractivity contribution in [2.45, 2.75) is 31.6 Å². The van der Waals surface area contributed by atoms with Gasteiger partial charge >= 0.3 is 0 Å². The minimum Gasteiger partial charge on any atom is -0.325 e. The molecule has 0 aromatic heterocycles. The normalized spacial score (nSPS) is 17.2. The van der Waals surface area contributed by atoms with Crippen LogP contribution in [0, 0.1) is 12.8 Å². The Kier molecular flexibility index (Phi) is 6.01. The molecule has 0 unspecified atom stereocenters. The highest BCUT2D eigenvalue weighted by Crippen LogP contribution is 2.22. The van der Waals surface area contributed by atoms with E-state index in [9.17, 15) is 13.2 Å². The summed E-state index contributed by atoms with van der Waals surface area (Å²) in [4.78, 5) is 14.6. The zero-order chi connectivity index (χ0) is 17.9. The summed E-state index contributed by atoms with van der Waals surface area (Å²) in [7, 11) is -0.532. The van der Waals surface area contributed by atoms with Crippen LogP contribution in [-0.4, -0.2) is 57.3 Å². The van der Waals surface area contributed by atoms with Crippen LogP contribution >= 0.6 is 0 Å². The van der Waals surface area contributed by atoms with Gasteiger partial charge in [0.05, 0.1) is 11.4 Å². The number of hydrogen-bond acceptors (Lipinski definition) is 4. The van der Waals surface area contributed by atoms with Crippen molar-refractivity contribution >= 4 is 21.6 Å². The van der Waals surface area contributed by atoms with Gasteiger partial charge in [-0.05, 0) is 56.5 Å². The fraction of sp³-hybridized carbons (Fsp3) is 0.588. The summed E-state index contributed by atoms with van der Waals surface area (Å²) < 4.78 is 25.6. The second kappa shape index (κ2) is 7.63. The van der Waals surface area contributed by atoms with Crippen LogP contribution in [0.5, 0.6) is 0 Å². The highest BCUT2D eigenvalue weighted by atomic mass is 32.2. The number of amides is 1. The van der Waals surface area contributed by atoms with Gasteiger partial charge in [-0.1, -0.05) is 13.0 Å². The molecule has 1 heterocycles. The van der Waals surface area contributed by atoms with Crippen molar-refractivity contribution in [3.63, 3.8) is 0 Å². The highest BCUT2D eigenvalue weighted by Gasteiger charge is 2.20. The average Bonchev–Trinajstić information content (AvgIpc) is 2.51. The maximum absolute atomic E-state index is 12.3. The predicted molar refractivity (Wildman–Crippen MR) is 95.5 cm³/mol. The lowest BCUT2D eigenvalue weighted by Crippen LogP contribution is -2.38. The van der Waals surface area contributed by atoms with E-state index < -0.39 is 10.0 Å². The second-order valence-corrected chi connectivity index (χ2v) is 8.92. The van der Waals surface area contributed by atoms with Crippen LogP contribution in [-0.2, 0) is 14.8 Å². The molecule has 7 heteroatoms. The molecule has 1 aliphatic heterocycles. The molecule has 24 heavy (non-hydrogen) atoms. The van der Waals surface area contributed by atoms with Gasteiger partial charge < -0.3 is 5.32 Å². The SMILES string of the molecule is Cc1ccc(S(=O)(=O)N(C)C)cc1NC(=O)CN1CCC(C)CC1. The van der Waals surface area contributed by atoms with Crippen LogP contribution < -0.4 is 5.32 Å². The van der Waals surface area contributed by atoms with Gasteiger partial charge in [-0.15, -0.1) is 0 Å². The molecule has 1 N–H and O–H groups in total. The van der Waals surface area contributed by atoms with Crippen molar-refractivity contribution in [1.29, 1.82) is 0 Å². The summed E-state index contributed by atoms with van der Waals surface area (Å²) in [6.07, 6.45) is 2.23. The topological polar surface area (TPSA) is 69.7 Å². The Morgan fingerprint density at radius 1 is 1.29 bits per heavy atom. The number of rotatable bonds is 5. The molecule has 1 amide bonds. The van der Waals surface area contributed by atoms with E-state index in [2.05, 4.69) is 17.1 Å². The average molecular weight is 353 g/mol. The molecule has 1 aromatic carbocycles. The molecule has 0 aliphatic carbocycles. The number of aryl methyl sites for hydroxylation is 1. The van der Waals surface area contributed by atoms with Gasteiger partial charge in [0.1, 0.15) is 0 Å². The largest absolute Gasteiger partial charge is 0.325 e. The number of likely N-dealkylation sites (tertiary alicyclic amines) is 1. The third kappa shape index (κ3) is 4.55. The number of benzene rings is 1. The Morgan fingerprint density at radius 3 is 2.50 bits per heavy atom. The van der Waals surface area contributed by atoms with Crippen LogP contribution in [0.4, 0.5) is 5.69 Å². The summed E-state index contributed by atoms with van der Waals surface area (Å²) in [6.45, 7) is 6.30. The number of hydrogen-bond donors (Lipinski definition) is 1. The van der Waals surface area contributed by atoms with E-state index in [0.717, 1.165) is 41.7 Å². The first kappa shape index (κ1) is 18.9. The van der Waals surface area contributed by atoms with Crippen molar-refractivity contribution in [3.8, 4) is 0 Å². The fourth-order valence-corrected chi connectivity index (χ4v) is 3.65. The zero-order valence-corrected chi connectivity index (χ0v) is 15.7. The standard InChI is InChI=1S/C17H27N3O3S/c1-13-7-9-20(10-8-13)12-17(21)18-16-11-15(6-5-14(16)2)24(22,23)19(3)4/h5-6,11,13H,7-10,12H2,1-4H3,(H,18,21). The molecule has 0 bridgehead atoms. The molecule has 134 valence electrons. The Morgan fingerprint density at radius 2 is 1.92 bits per heavy atom. The molecule has 6 nitrogen and oxygen atoms in total. The molecule has 1 aliphatic rings. The molecule has 0 saturated carbocycles. The molecular formula is C17H27N3O3S. The van der Waals surface area contributed by atoms with Crippen LogP contribution in [0.3, 0.4) is 0 Å². The fourth-order valence-electron chi connectivity index (χ4n) is 2.72. The van der Waals surface area contributed by atoms with Gasteiger partial charge in [-0.2, -0.15) is 0 Å². The van der Waals surface area contributed by atoms with Gasteiger partial charge in [0.15, 0.2) is 0 Å². The van der Waals surface area contributed by atoms with Crippen molar-refractivity contribution in [2.24, 2.45) is 5.92 Å². The molecule has 1 fully saturated rings. The van der Waals surface area contributed by atoms with Gasteiger partial charge in [0, 0.05) is 19.8 Å². The molecular weight excluding hydrogens is 326 g/mol. The number of anilines is 1. The number of carbonyl (C=O) groups excluding carboxylic acids is 1. The Bertz CT molecular complexity index is 693.